The van der Waals surface area contributed by atoms with E-state index < -0.39 is 24.6 Å². The van der Waals surface area contributed by atoms with Crippen LogP contribution in [0.15, 0.2) is 29.4 Å². The number of thioether (sulfide) groups is 1. The van der Waals surface area contributed by atoms with E-state index in [4.69, 9.17) is 5.11 Å². The van der Waals surface area contributed by atoms with Crippen LogP contribution in [0.25, 0.3) is 22.6 Å². The Hall–Kier alpha value is -2.54. The van der Waals surface area contributed by atoms with E-state index in [2.05, 4.69) is 15.0 Å². The lowest BCUT2D eigenvalue weighted by Gasteiger charge is -2.21. The Balaban J connectivity index is 0.000000784. The minimum Gasteiger partial charge on any atom is -0.393 e. The second-order valence-electron chi connectivity index (χ2n) is 7.75. The lowest BCUT2D eigenvalue weighted by molar-refractivity contribution is -0.141. The van der Waals surface area contributed by atoms with Crippen LogP contribution < -0.4 is 4.90 Å². The van der Waals surface area contributed by atoms with Gasteiger partial charge >= 0.3 is 12.4 Å². The average molecular weight is 524 g/mol. The van der Waals surface area contributed by atoms with Crippen LogP contribution in [0.3, 0.4) is 0 Å². The largest absolute Gasteiger partial charge is 0.433 e. The average Bonchev–Trinajstić information content (AvgIpc) is 3.08. The molecule has 0 aliphatic carbocycles. The molecule has 3 heterocycles. The van der Waals surface area contributed by atoms with Gasteiger partial charge in [0.1, 0.15) is 17.9 Å². The molecular formula is C22H27F6N5OS. The molecule has 1 unspecified atom stereocenters. The van der Waals surface area contributed by atoms with Crippen molar-refractivity contribution in [2.24, 2.45) is 7.05 Å². The lowest BCUT2D eigenvalue weighted by atomic mass is 10.3. The van der Waals surface area contributed by atoms with Crippen LogP contribution in [-0.4, -0.2) is 56.3 Å². The van der Waals surface area contributed by atoms with E-state index in [-0.39, 0.29) is 17.3 Å². The minimum absolute atomic E-state index is 0.0994. The molecular weight excluding hydrogens is 496 g/mol. The molecule has 1 N–H and O–H groups in total. The van der Waals surface area contributed by atoms with Crippen molar-refractivity contribution in [3.8, 4) is 11.5 Å². The number of aliphatic hydroxyl groups is 1. The van der Waals surface area contributed by atoms with Gasteiger partial charge in [-0.25, -0.2) is 15.0 Å². The smallest absolute Gasteiger partial charge is 0.393 e. The monoisotopic (exact) mass is 523 g/mol. The van der Waals surface area contributed by atoms with Crippen molar-refractivity contribution in [1.82, 2.24) is 19.5 Å². The third-order valence-electron chi connectivity index (χ3n) is 4.86. The summed E-state index contributed by atoms with van der Waals surface area (Å²) in [5.74, 6) is 0.914. The van der Waals surface area contributed by atoms with Gasteiger partial charge in [0, 0.05) is 19.0 Å². The number of nitrogens with zero attached hydrogens (tertiary/aromatic N) is 5. The highest BCUT2D eigenvalue weighted by Crippen LogP contribution is 2.35. The maximum absolute atomic E-state index is 13.0. The summed E-state index contributed by atoms with van der Waals surface area (Å²) in [5, 5.41) is 8.36. The van der Waals surface area contributed by atoms with Gasteiger partial charge in [-0.15, -0.1) is 11.8 Å². The topological polar surface area (TPSA) is 67.1 Å². The quantitative estimate of drug-likeness (QED) is 0.319. The van der Waals surface area contributed by atoms with Crippen LogP contribution in [0.5, 0.6) is 0 Å². The van der Waals surface area contributed by atoms with Crippen LogP contribution in [0, 0.1) is 0 Å². The summed E-state index contributed by atoms with van der Waals surface area (Å²) in [6.07, 6.45) is -5.84. The number of halogens is 6. The van der Waals surface area contributed by atoms with Crippen molar-refractivity contribution in [2.45, 2.75) is 50.5 Å². The van der Waals surface area contributed by atoms with Crippen molar-refractivity contribution in [1.29, 1.82) is 0 Å². The first kappa shape index (κ1) is 28.7. The van der Waals surface area contributed by atoms with Gasteiger partial charge in [0.15, 0.2) is 5.82 Å². The molecule has 13 heteroatoms. The molecule has 6 nitrogen and oxygen atoms in total. The van der Waals surface area contributed by atoms with Crippen LogP contribution in [0.2, 0.25) is 0 Å². The number of aryl methyl sites for hydroxylation is 1. The Labute approximate surface area is 203 Å². The third-order valence-corrected chi connectivity index (χ3v) is 5.77. The molecule has 0 saturated carbocycles. The Morgan fingerprint density at radius 1 is 1.09 bits per heavy atom. The summed E-state index contributed by atoms with van der Waals surface area (Å²) in [5.41, 5.74) is 0.0674. The van der Waals surface area contributed by atoms with E-state index in [1.54, 1.807) is 24.6 Å². The summed E-state index contributed by atoms with van der Waals surface area (Å²) in [6, 6.07) is 2.43. The highest BCUT2D eigenvalue weighted by molar-refractivity contribution is 7.99. The maximum Gasteiger partial charge on any atom is 0.433 e. The van der Waals surface area contributed by atoms with Crippen molar-refractivity contribution < 1.29 is 31.4 Å². The minimum atomic E-state index is -4.60. The van der Waals surface area contributed by atoms with Gasteiger partial charge in [0.25, 0.3) is 0 Å². The highest BCUT2D eigenvalue weighted by atomic mass is 32.2. The van der Waals surface area contributed by atoms with Gasteiger partial charge in [-0.2, -0.15) is 26.3 Å². The third kappa shape index (κ3) is 7.72. The molecule has 0 aliphatic rings. The molecule has 0 fully saturated rings. The first-order chi connectivity index (χ1) is 16.2. The van der Waals surface area contributed by atoms with Crippen molar-refractivity contribution in [2.75, 3.05) is 24.2 Å². The van der Waals surface area contributed by atoms with Gasteiger partial charge in [0.2, 0.25) is 0 Å². The number of hydrogen-bond donors (Lipinski definition) is 1. The zero-order valence-corrected chi connectivity index (χ0v) is 20.7. The molecule has 0 aromatic carbocycles. The zero-order valence-electron chi connectivity index (χ0n) is 19.9. The number of hydrogen-bond acceptors (Lipinski definition) is 6. The summed E-state index contributed by atoms with van der Waals surface area (Å²) in [6.45, 7) is 4.46. The van der Waals surface area contributed by atoms with Gasteiger partial charge < -0.3 is 14.6 Å². The summed E-state index contributed by atoms with van der Waals surface area (Å²) in [4.78, 5) is 13.6. The SMILES string of the molecule is CCC(C)O.CCSc1cc(N(C)CC(F)(F)F)cnc1-c1nc2cc(C(F)(F)F)ncc2n1C. The number of pyridine rings is 2. The van der Waals surface area contributed by atoms with Crippen molar-refractivity contribution in [3.05, 3.63) is 30.2 Å². The zero-order chi connectivity index (χ0) is 26.6. The fraction of sp³-hybridized carbons (Fsp3) is 0.500. The summed E-state index contributed by atoms with van der Waals surface area (Å²) in [7, 11) is 2.93. The molecule has 3 aromatic rings. The fourth-order valence-electron chi connectivity index (χ4n) is 2.89. The van der Waals surface area contributed by atoms with Gasteiger partial charge in [-0.05, 0) is 31.2 Å². The Morgan fingerprint density at radius 2 is 1.71 bits per heavy atom. The highest BCUT2D eigenvalue weighted by Gasteiger charge is 2.33. The lowest BCUT2D eigenvalue weighted by Crippen LogP contribution is -2.30. The predicted octanol–water partition coefficient (Wildman–Crippen LogP) is 5.94. The first-order valence-electron chi connectivity index (χ1n) is 10.7. The first-order valence-corrected chi connectivity index (χ1v) is 11.6. The predicted molar refractivity (Wildman–Crippen MR) is 124 cm³/mol. The molecule has 1 atom stereocenters. The molecule has 0 aliphatic heterocycles. The van der Waals surface area contributed by atoms with E-state index in [1.165, 1.54) is 25.0 Å². The molecule has 0 spiro atoms. The van der Waals surface area contributed by atoms with Gasteiger partial charge in [-0.3, -0.25) is 0 Å². The van der Waals surface area contributed by atoms with Crippen LogP contribution >= 0.6 is 11.8 Å². The summed E-state index contributed by atoms with van der Waals surface area (Å²) >= 11 is 1.35. The van der Waals surface area contributed by atoms with E-state index in [0.717, 1.165) is 23.6 Å². The van der Waals surface area contributed by atoms with Gasteiger partial charge in [-0.1, -0.05) is 13.8 Å². The molecule has 35 heavy (non-hydrogen) atoms. The Kier molecular flexibility index (Phi) is 9.40. The van der Waals surface area contributed by atoms with Crippen LogP contribution in [-0.2, 0) is 13.2 Å². The van der Waals surface area contributed by atoms with E-state index >= 15 is 0 Å². The Bertz CT molecular complexity index is 1130. The molecule has 3 rings (SSSR count). The molecule has 0 amide bonds. The molecule has 194 valence electrons. The molecule has 0 radical (unpaired) electrons. The molecule has 3 aromatic heterocycles. The van der Waals surface area contributed by atoms with Crippen molar-refractivity contribution in [3.63, 3.8) is 0 Å². The van der Waals surface area contributed by atoms with E-state index in [1.807, 2.05) is 13.8 Å². The number of anilines is 1. The maximum atomic E-state index is 13.0. The summed E-state index contributed by atoms with van der Waals surface area (Å²) < 4.78 is 78.5. The van der Waals surface area contributed by atoms with E-state index in [0.29, 0.717) is 27.7 Å². The number of imidazole rings is 1. The van der Waals surface area contributed by atoms with Crippen LogP contribution in [0.4, 0.5) is 32.0 Å². The number of alkyl halides is 6. The van der Waals surface area contributed by atoms with Crippen molar-refractivity contribution >= 4 is 28.5 Å². The van der Waals surface area contributed by atoms with Crippen LogP contribution in [0.1, 0.15) is 32.9 Å². The normalized spacial score (nSPS) is 12.9. The second kappa shape index (κ2) is 11.5. The number of aliphatic hydroxyl groups excluding tert-OH is 1. The number of aromatic nitrogens is 4. The fourth-order valence-corrected chi connectivity index (χ4v) is 3.69. The number of rotatable bonds is 6. The standard InChI is InChI=1S/C18H17F6N5S.C4H10O/c1-4-30-13-5-10(28(2)9-17(19,20)21)7-26-15(13)16-27-11-6-14(18(22,23)24)25-8-12(11)29(16)3;1-3-4(2)5/h5-8H,4,9H2,1-3H3;4-5H,3H2,1-2H3. The molecule has 0 saturated heterocycles. The van der Waals surface area contributed by atoms with Gasteiger partial charge in [0.05, 0.1) is 35.2 Å². The number of fused-ring (bicyclic) bond motifs is 1. The second-order valence-corrected chi connectivity index (χ2v) is 9.06. The molecule has 0 bridgehead atoms. The Morgan fingerprint density at radius 3 is 2.23 bits per heavy atom. The van der Waals surface area contributed by atoms with E-state index in [9.17, 15) is 26.3 Å².